The second kappa shape index (κ2) is 38.0. The molecule has 1 aromatic rings. The van der Waals surface area contributed by atoms with Crippen molar-refractivity contribution in [1.82, 2.24) is 0 Å². The van der Waals surface area contributed by atoms with E-state index in [1.54, 1.807) is 0 Å². The summed E-state index contributed by atoms with van der Waals surface area (Å²) in [6.07, 6.45) is 14.8. The summed E-state index contributed by atoms with van der Waals surface area (Å²) >= 11 is 0. The Morgan fingerprint density at radius 2 is 0.959 bits per heavy atom. The first-order chi connectivity index (χ1) is 24.4. The average Bonchev–Trinajstić information content (AvgIpc) is 3.16. The van der Waals surface area contributed by atoms with Crippen molar-refractivity contribution in [3.8, 4) is 0 Å². The van der Waals surface area contributed by atoms with Crippen LogP contribution in [0.5, 0.6) is 0 Å². The normalized spacial score (nSPS) is 17.5. The minimum Gasteiger partial charge on any atom is -0.400 e. The Balaban J connectivity index is 0.000000486. The first kappa shape index (κ1) is 45.8. The highest BCUT2D eigenvalue weighted by Crippen LogP contribution is 2.14. The van der Waals surface area contributed by atoms with Crippen LogP contribution < -0.4 is 0 Å². The molecular weight excluding hydrogens is 632 g/mol. The van der Waals surface area contributed by atoms with Crippen LogP contribution in [0.25, 0.3) is 0 Å². The van der Waals surface area contributed by atoms with Crippen molar-refractivity contribution in [2.45, 2.75) is 109 Å². The predicted molar refractivity (Wildman–Crippen MR) is 191 cm³/mol. The van der Waals surface area contributed by atoms with Gasteiger partial charge in [0.05, 0.1) is 46.2 Å². The minimum absolute atomic E-state index is 0.00539. The van der Waals surface area contributed by atoms with Crippen LogP contribution in [0, 0.1) is 0 Å². The molecule has 0 bridgehead atoms. The molecule has 0 aliphatic carbocycles. The fourth-order valence-electron chi connectivity index (χ4n) is 4.92. The van der Waals surface area contributed by atoms with Gasteiger partial charge in [-0.2, -0.15) is 0 Å². The van der Waals surface area contributed by atoms with Gasteiger partial charge in [-0.25, -0.2) is 0 Å². The van der Waals surface area contributed by atoms with E-state index in [0.29, 0.717) is 52.9 Å². The number of unbranched alkanes of at least 4 members (excludes halogenated alkanes) is 4. The van der Waals surface area contributed by atoms with Gasteiger partial charge in [-0.15, -0.1) is 0 Å². The number of hydrogen-bond acceptors (Lipinski definition) is 11. The lowest BCUT2D eigenvalue weighted by atomic mass is 10.2. The van der Waals surface area contributed by atoms with Crippen molar-refractivity contribution < 1.29 is 52.8 Å². The Hall–Kier alpha value is -1.22. The van der Waals surface area contributed by atoms with Crippen LogP contribution in [0.15, 0.2) is 30.3 Å². The molecule has 0 amide bonds. The second-order valence-corrected chi connectivity index (χ2v) is 11.9. The third-order valence-electron chi connectivity index (χ3n) is 7.63. The van der Waals surface area contributed by atoms with E-state index >= 15 is 0 Å². The Kier molecular flexibility index (Phi) is 35.5. The average molecular weight is 703 g/mol. The van der Waals surface area contributed by atoms with Crippen molar-refractivity contribution in [1.29, 1.82) is 0 Å². The molecule has 288 valence electrons. The van der Waals surface area contributed by atoms with Crippen LogP contribution in [-0.2, 0) is 49.2 Å². The van der Waals surface area contributed by atoms with Gasteiger partial charge in [-0.05, 0) is 95.5 Å². The monoisotopic (exact) mass is 702 g/mol. The Morgan fingerprint density at radius 1 is 0.510 bits per heavy atom. The van der Waals surface area contributed by atoms with E-state index in [4.69, 9.17) is 52.8 Å². The quantitative estimate of drug-likeness (QED) is 0.0947. The third-order valence-corrected chi connectivity index (χ3v) is 7.63. The minimum atomic E-state index is 0.00539. The van der Waals surface area contributed by atoms with Crippen LogP contribution in [-0.4, -0.2) is 122 Å². The lowest BCUT2D eigenvalue weighted by molar-refractivity contribution is -0.164. The molecule has 3 rings (SSSR count). The molecule has 1 aromatic carbocycles. The molecule has 2 saturated heterocycles. The predicted octanol–water partition coefficient (Wildman–Crippen LogP) is 6.06. The molecule has 49 heavy (non-hydrogen) atoms. The fourth-order valence-corrected chi connectivity index (χ4v) is 4.92. The molecule has 0 radical (unpaired) electrons. The zero-order chi connectivity index (χ0) is 35.1. The maximum absolute atomic E-state index is 8.61. The van der Waals surface area contributed by atoms with Crippen LogP contribution in [0.3, 0.4) is 0 Å². The SMILES string of the molecule is CO.OCCCCCOCCOCCCOC1CCCCO1.c1ccc(COCCCCCOCCOCCCOC2CCCCO2)cc1. The first-order valence-corrected chi connectivity index (χ1v) is 18.8. The second-order valence-electron chi connectivity index (χ2n) is 11.9. The van der Waals surface area contributed by atoms with Crippen molar-refractivity contribution in [3.63, 3.8) is 0 Å². The molecule has 0 saturated carbocycles. The topological polar surface area (TPSA) is 124 Å². The zero-order valence-electron chi connectivity index (χ0n) is 30.6. The highest BCUT2D eigenvalue weighted by atomic mass is 16.7. The first-order valence-electron chi connectivity index (χ1n) is 18.8. The van der Waals surface area contributed by atoms with Crippen LogP contribution in [0.2, 0.25) is 0 Å². The number of aliphatic hydroxyl groups is 2. The molecular formula is C38H70O11. The summed E-state index contributed by atoms with van der Waals surface area (Å²) in [6, 6.07) is 10.3. The molecule has 2 heterocycles. The molecule has 2 aliphatic heterocycles. The van der Waals surface area contributed by atoms with Gasteiger partial charge >= 0.3 is 0 Å². The summed E-state index contributed by atoms with van der Waals surface area (Å²) < 4.78 is 50.0. The van der Waals surface area contributed by atoms with Gasteiger partial charge < -0.3 is 52.8 Å². The van der Waals surface area contributed by atoms with Gasteiger partial charge in [0.2, 0.25) is 0 Å². The largest absolute Gasteiger partial charge is 0.400 e. The van der Waals surface area contributed by atoms with E-state index in [1.807, 2.05) is 18.2 Å². The Labute approximate surface area is 297 Å². The third kappa shape index (κ3) is 31.3. The lowest BCUT2D eigenvalue weighted by Gasteiger charge is -2.22. The molecule has 2 unspecified atom stereocenters. The molecule has 2 aliphatic rings. The van der Waals surface area contributed by atoms with Crippen LogP contribution in [0.1, 0.15) is 95.5 Å². The molecule has 0 aromatic heterocycles. The molecule has 11 nitrogen and oxygen atoms in total. The van der Waals surface area contributed by atoms with Crippen molar-refractivity contribution in [2.24, 2.45) is 0 Å². The number of hydrogen-bond donors (Lipinski definition) is 2. The summed E-state index contributed by atoms with van der Waals surface area (Å²) in [4.78, 5) is 0. The summed E-state index contributed by atoms with van der Waals surface area (Å²) in [5.74, 6) is 0. The lowest BCUT2D eigenvalue weighted by Crippen LogP contribution is -2.23. The molecule has 11 heteroatoms. The molecule has 2 N–H and O–H groups in total. The maximum Gasteiger partial charge on any atom is 0.157 e. The summed E-state index contributed by atoms with van der Waals surface area (Å²) in [6.45, 7) is 10.4. The van der Waals surface area contributed by atoms with Gasteiger partial charge in [0.15, 0.2) is 12.6 Å². The molecule has 0 spiro atoms. The number of rotatable bonds is 29. The fraction of sp³-hybridized carbons (Fsp3) is 0.842. The van der Waals surface area contributed by atoms with Gasteiger partial charge in [-0.3, -0.25) is 0 Å². The molecule has 2 fully saturated rings. The van der Waals surface area contributed by atoms with Crippen LogP contribution >= 0.6 is 0 Å². The Bertz CT molecular complexity index is 746. The van der Waals surface area contributed by atoms with E-state index in [0.717, 1.165) is 124 Å². The van der Waals surface area contributed by atoms with Crippen molar-refractivity contribution in [2.75, 3.05) is 99.6 Å². The smallest absolute Gasteiger partial charge is 0.157 e. The zero-order valence-corrected chi connectivity index (χ0v) is 30.6. The maximum atomic E-state index is 8.61. The summed E-state index contributed by atoms with van der Waals surface area (Å²) in [5, 5.41) is 15.6. The van der Waals surface area contributed by atoms with Gasteiger partial charge in [0.25, 0.3) is 0 Å². The number of ether oxygens (including phenoxy) is 9. The molecule has 2 atom stereocenters. The highest BCUT2D eigenvalue weighted by molar-refractivity contribution is 5.13. The van der Waals surface area contributed by atoms with Gasteiger partial charge in [0, 0.05) is 60.0 Å². The van der Waals surface area contributed by atoms with E-state index in [2.05, 4.69) is 12.1 Å². The van der Waals surface area contributed by atoms with Gasteiger partial charge in [0.1, 0.15) is 0 Å². The van der Waals surface area contributed by atoms with Crippen molar-refractivity contribution >= 4 is 0 Å². The summed E-state index contributed by atoms with van der Waals surface area (Å²) in [7, 11) is 1.00. The van der Waals surface area contributed by atoms with Gasteiger partial charge in [-0.1, -0.05) is 30.3 Å². The van der Waals surface area contributed by atoms with E-state index < -0.39 is 0 Å². The van der Waals surface area contributed by atoms with Crippen LogP contribution in [0.4, 0.5) is 0 Å². The van der Waals surface area contributed by atoms with E-state index in [1.165, 1.54) is 18.4 Å². The van der Waals surface area contributed by atoms with E-state index in [9.17, 15) is 0 Å². The van der Waals surface area contributed by atoms with E-state index in [-0.39, 0.29) is 19.2 Å². The number of aliphatic hydroxyl groups excluding tert-OH is 2. The Morgan fingerprint density at radius 3 is 1.41 bits per heavy atom. The highest BCUT2D eigenvalue weighted by Gasteiger charge is 2.14. The van der Waals surface area contributed by atoms with Crippen molar-refractivity contribution in [3.05, 3.63) is 35.9 Å². The summed E-state index contributed by atoms with van der Waals surface area (Å²) in [5.41, 5.74) is 1.23. The standard InChI is InChI=1S/C22H36O5.C15H30O5.CH4O/c1-3-10-21(11-4-1)20-25-14-7-2-6-13-23-18-19-24-15-9-17-27-22-12-5-8-16-26-22;16-8-3-1-4-9-17-13-14-18-10-6-12-20-15-7-2-5-11-19-15;1-2/h1,3-4,10-11,22H,2,5-9,12-20H2;15-16H,1-14H2;2H,1H3. The number of benzene rings is 1.